The average Bonchev–Trinajstić information content (AvgIpc) is 3.03. The highest BCUT2D eigenvalue weighted by molar-refractivity contribution is 7.11. The first-order valence-electron chi connectivity index (χ1n) is 7.58. The number of rotatable bonds is 5. The van der Waals surface area contributed by atoms with Gasteiger partial charge in [0.1, 0.15) is 0 Å². The summed E-state index contributed by atoms with van der Waals surface area (Å²) in [5.41, 5.74) is 5.83. The van der Waals surface area contributed by atoms with Crippen LogP contribution in [0.15, 0.2) is 12.1 Å². The van der Waals surface area contributed by atoms with Gasteiger partial charge in [0.2, 0.25) is 5.91 Å². The van der Waals surface area contributed by atoms with E-state index in [2.05, 4.69) is 32.9 Å². The molecule has 1 saturated carbocycles. The molecular weight excluding hydrogens is 268 g/mol. The Kier molecular flexibility index (Phi) is 5.22. The van der Waals surface area contributed by atoms with Crippen LogP contribution in [0.25, 0.3) is 0 Å². The maximum atomic E-state index is 12.8. The van der Waals surface area contributed by atoms with Crippen LogP contribution in [0.2, 0.25) is 0 Å². The van der Waals surface area contributed by atoms with Crippen molar-refractivity contribution in [2.75, 3.05) is 6.54 Å². The third kappa shape index (κ3) is 3.41. The minimum Gasteiger partial charge on any atom is -0.335 e. The lowest BCUT2D eigenvalue weighted by molar-refractivity contribution is -0.139. The summed E-state index contributed by atoms with van der Waals surface area (Å²) in [7, 11) is 0. The molecule has 1 amide bonds. The maximum Gasteiger partial charge on any atom is 0.226 e. The number of amides is 1. The second kappa shape index (κ2) is 6.72. The van der Waals surface area contributed by atoms with E-state index in [0.29, 0.717) is 18.4 Å². The molecule has 0 aliphatic heterocycles. The van der Waals surface area contributed by atoms with Crippen molar-refractivity contribution in [1.82, 2.24) is 4.90 Å². The van der Waals surface area contributed by atoms with Crippen molar-refractivity contribution in [1.29, 1.82) is 0 Å². The molecule has 3 nitrogen and oxygen atoms in total. The van der Waals surface area contributed by atoms with Gasteiger partial charge in [0.15, 0.2) is 0 Å². The van der Waals surface area contributed by atoms with Crippen LogP contribution < -0.4 is 5.73 Å². The number of hydrogen-bond donors (Lipinski definition) is 1. The van der Waals surface area contributed by atoms with Gasteiger partial charge in [-0.2, -0.15) is 0 Å². The van der Waals surface area contributed by atoms with Gasteiger partial charge < -0.3 is 10.6 Å². The molecule has 2 rings (SSSR count). The summed E-state index contributed by atoms with van der Waals surface area (Å²) in [5, 5.41) is 0. The molecule has 0 unspecified atom stereocenters. The van der Waals surface area contributed by atoms with E-state index in [1.54, 1.807) is 11.3 Å². The fraction of sp³-hybridized carbons (Fsp3) is 0.688. The summed E-state index contributed by atoms with van der Waals surface area (Å²) < 4.78 is 0. The Morgan fingerprint density at radius 1 is 1.45 bits per heavy atom. The van der Waals surface area contributed by atoms with Crippen molar-refractivity contribution in [2.24, 2.45) is 17.6 Å². The lowest BCUT2D eigenvalue weighted by Gasteiger charge is -2.31. The van der Waals surface area contributed by atoms with Gasteiger partial charge in [0.05, 0.1) is 6.54 Å². The second-order valence-electron chi connectivity index (χ2n) is 6.11. The molecule has 1 heterocycles. The smallest absolute Gasteiger partial charge is 0.226 e. The Morgan fingerprint density at radius 3 is 2.75 bits per heavy atom. The highest BCUT2D eigenvalue weighted by Crippen LogP contribution is 2.33. The minimum absolute atomic E-state index is 0.142. The van der Waals surface area contributed by atoms with Gasteiger partial charge >= 0.3 is 0 Å². The molecule has 20 heavy (non-hydrogen) atoms. The van der Waals surface area contributed by atoms with Gasteiger partial charge in [-0.25, -0.2) is 0 Å². The Hall–Kier alpha value is -0.870. The Morgan fingerprint density at radius 2 is 2.20 bits per heavy atom. The molecule has 1 aliphatic carbocycles. The highest BCUT2D eigenvalue weighted by atomic mass is 32.1. The van der Waals surface area contributed by atoms with Crippen LogP contribution in [0.3, 0.4) is 0 Å². The quantitative estimate of drug-likeness (QED) is 0.906. The molecule has 0 spiro atoms. The molecule has 1 aromatic rings. The number of hydrogen-bond acceptors (Lipinski definition) is 3. The normalized spacial score (nSPS) is 22.4. The standard InChI is InChI=1S/C16H26N2OS/c1-11(2)18(10-14-8-7-12(3)20-14)16(19)15-6-4-5-13(15)9-17/h7-8,11,13,15H,4-6,9-10,17H2,1-3H3/t13-,15-/m1/s1. The average molecular weight is 294 g/mol. The number of aryl methyl sites for hydroxylation is 1. The summed E-state index contributed by atoms with van der Waals surface area (Å²) >= 11 is 1.78. The van der Waals surface area contributed by atoms with E-state index < -0.39 is 0 Å². The first-order valence-corrected chi connectivity index (χ1v) is 8.40. The van der Waals surface area contributed by atoms with E-state index in [1.165, 1.54) is 9.75 Å². The number of thiophene rings is 1. The third-order valence-electron chi connectivity index (χ3n) is 4.31. The molecule has 0 bridgehead atoms. The van der Waals surface area contributed by atoms with Gasteiger partial charge in [0, 0.05) is 21.7 Å². The van der Waals surface area contributed by atoms with Crippen molar-refractivity contribution < 1.29 is 4.79 Å². The molecule has 1 aliphatic rings. The van der Waals surface area contributed by atoms with E-state index in [4.69, 9.17) is 5.73 Å². The lowest BCUT2D eigenvalue weighted by atomic mass is 9.94. The van der Waals surface area contributed by atoms with E-state index in [9.17, 15) is 4.79 Å². The van der Waals surface area contributed by atoms with E-state index in [1.807, 2.05) is 4.90 Å². The van der Waals surface area contributed by atoms with Crippen molar-refractivity contribution in [2.45, 2.75) is 52.6 Å². The predicted octanol–water partition coefficient (Wildman–Crippen LogP) is 3.17. The second-order valence-corrected chi connectivity index (χ2v) is 7.48. The summed E-state index contributed by atoms with van der Waals surface area (Å²) in [4.78, 5) is 17.4. The summed E-state index contributed by atoms with van der Waals surface area (Å²) in [6.45, 7) is 7.69. The first kappa shape index (κ1) is 15.5. The summed E-state index contributed by atoms with van der Waals surface area (Å²) in [6, 6.07) is 4.50. The van der Waals surface area contributed by atoms with Gasteiger partial charge in [0.25, 0.3) is 0 Å². The largest absolute Gasteiger partial charge is 0.335 e. The number of nitrogens with zero attached hydrogens (tertiary/aromatic N) is 1. The number of carbonyl (C=O) groups is 1. The molecule has 2 atom stereocenters. The topological polar surface area (TPSA) is 46.3 Å². The van der Waals surface area contributed by atoms with E-state index in [-0.39, 0.29) is 12.0 Å². The zero-order chi connectivity index (χ0) is 14.7. The fourth-order valence-corrected chi connectivity index (χ4v) is 4.00. The van der Waals surface area contributed by atoms with Crippen LogP contribution in [0.4, 0.5) is 0 Å². The van der Waals surface area contributed by atoms with Crippen LogP contribution >= 0.6 is 11.3 Å². The van der Waals surface area contributed by atoms with Crippen LogP contribution in [0, 0.1) is 18.8 Å². The molecular formula is C16H26N2OS. The monoisotopic (exact) mass is 294 g/mol. The lowest BCUT2D eigenvalue weighted by Crippen LogP contribution is -2.42. The number of nitrogens with two attached hydrogens (primary N) is 1. The van der Waals surface area contributed by atoms with E-state index >= 15 is 0 Å². The van der Waals surface area contributed by atoms with Crippen molar-refractivity contribution in [3.05, 3.63) is 21.9 Å². The molecule has 0 radical (unpaired) electrons. The van der Waals surface area contributed by atoms with Crippen LogP contribution in [0.1, 0.15) is 42.9 Å². The number of carbonyl (C=O) groups excluding carboxylic acids is 1. The zero-order valence-electron chi connectivity index (χ0n) is 12.8. The van der Waals surface area contributed by atoms with Crippen molar-refractivity contribution in [3.8, 4) is 0 Å². The summed E-state index contributed by atoms with van der Waals surface area (Å²) in [5.74, 6) is 0.830. The first-order chi connectivity index (χ1) is 9.52. The molecule has 4 heteroatoms. The van der Waals surface area contributed by atoms with E-state index in [0.717, 1.165) is 25.8 Å². The summed E-state index contributed by atoms with van der Waals surface area (Å²) in [6.07, 6.45) is 3.26. The maximum absolute atomic E-state index is 12.8. The van der Waals surface area contributed by atoms with Crippen molar-refractivity contribution >= 4 is 17.2 Å². The molecule has 2 N–H and O–H groups in total. The Balaban J connectivity index is 2.09. The third-order valence-corrected chi connectivity index (χ3v) is 5.29. The fourth-order valence-electron chi connectivity index (χ4n) is 3.11. The van der Waals surface area contributed by atoms with Crippen molar-refractivity contribution in [3.63, 3.8) is 0 Å². The van der Waals surface area contributed by atoms with Gasteiger partial charge in [-0.15, -0.1) is 11.3 Å². The SMILES string of the molecule is Cc1ccc(CN(C(=O)[C@@H]2CCC[C@@H]2CN)C(C)C)s1. The van der Waals surface area contributed by atoms with Gasteiger partial charge in [-0.3, -0.25) is 4.79 Å². The van der Waals surface area contributed by atoms with Gasteiger partial charge in [-0.1, -0.05) is 6.42 Å². The van der Waals surface area contributed by atoms with Crippen LogP contribution in [-0.4, -0.2) is 23.4 Å². The van der Waals surface area contributed by atoms with Gasteiger partial charge in [-0.05, 0) is 58.2 Å². The molecule has 112 valence electrons. The highest BCUT2D eigenvalue weighted by Gasteiger charge is 2.35. The predicted molar refractivity (Wildman–Crippen MR) is 84.6 cm³/mol. The Bertz CT molecular complexity index is 455. The molecule has 1 aromatic heterocycles. The Labute approximate surface area is 126 Å². The van der Waals surface area contributed by atoms with Crippen LogP contribution in [-0.2, 0) is 11.3 Å². The zero-order valence-corrected chi connectivity index (χ0v) is 13.6. The molecule has 0 aromatic carbocycles. The van der Waals surface area contributed by atoms with Crippen LogP contribution in [0.5, 0.6) is 0 Å². The molecule has 1 fully saturated rings. The minimum atomic E-state index is 0.142. The molecule has 0 saturated heterocycles.